The number of benzene rings is 8. The Balaban J connectivity index is 1.12. The van der Waals surface area contributed by atoms with Crippen LogP contribution in [0.1, 0.15) is 159 Å². The van der Waals surface area contributed by atoms with Crippen LogP contribution in [0.15, 0.2) is 152 Å². The molecule has 0 bridgehead atoms. The third-order valence-electron chi connectivity index (χ3n) is 17.2. The van der Waals surface area contributed by atoms with Crippen molar-refractivity contribution in [3.63, 3.8) is 0 Å². The Morgan fingerprint density at radius 2 is 0.620 bits per heavy atom. The number of hydrogen-bond donors (Lipinski definition) is 0. The zero-order valence-corrected chi connectivity index (χ0v) is 45.4. The minimum Gasteiger partial charge on any atom is -0.310 e. The lowest BCUT2D eigenvalue weighted by Crippen LogP contribution is -2.18. The number of para-hydroxylation sites is 1. The molecule has 0 saturated heterocycles. The summed E-state index contributed by atoms with van der Waals surface area (Å²) in [6.45, 7) is 37.8. The van der Waals surface area contributed by atoms with E-state index in [-0.39, 0.29) is 32.5 Å². The predicted molar refractivity (Wildman–Crippen MR) is 306 cm³/mol. The van der Waals surface area contributed by atoms with Crippen molar-refractivity contribution in [3.05, 3.63) is 207 Å². The molecule has 0 saturated carbocycles. The molecule has 358 valence electrons. The van der Waals surface area contributed by atoms with Gasteiger partial charge < -0.3 is 4.90 Å². The van der Waals surface area contributed by atoms with E-state index in [0.29, 0.717) is 0 Å². The summed E-state index contributed by atoms with van der Waals surface area (Å²) in [6, 6.07) is 59.4. The maximum atomic E-state index is 2.52. The first-order valence-electron chi connectivity index (χ1n) is 26.2. The van der Waals surface area contributed by atoms with E-state index in [1.54, 1.807) is 0 Å². The summed E-state index contributed by atoms with van der Waals surface area (Å²) in [6.07, 6.45) is 0. The summed E-state index contributed by atoms with van der Waals surface area (Å²) in [5.41, 5.74) is 30.1. The molecule has 8 aromatic carbocycles. The molecule has 0 fully saturated rings. The van der Waals surface area contributed by atoms with Crippen LogP contribution in [0.25, 0.3) is 55.6 Å². The highest BCUT2D eigenvalue weighted by molar-refractivity contribution is 5.93. The Morgan fingerprint density at radius 1 is 0.296 bits per heavy atom. The smallest absolute Gasteiger partial charge is 0.0474 e. The highest BCUT2D eigenvalue weighted by Crippen LogP contribution is 2.55. The maximum absolute atomic E-state index is 2.52. The molecule has 0 unspecified atom stereocenters. The highest BCUT2D eigenvalue weighted by atomic mass is 15.1. The second kappa shape index (κ2) is 15.5. The highest BCUT2D eigenvalue weighted by Gasteiger charge is 2.40. The summed E-state index contributed by atoms with van der Waals surface area (Å²) in [7, 11) is 0. The van der Waals surface area contributed by atoms with Gasteiger partial charge in [0.15, 0.2) is 0 Å². The Labute approximate surface area is 426 Å². The number of anilines is 3. The minimum atomic E-state index is -0.168. The molecule has 11 rings (SSSR count). The fraction of sp³-hybridized carbons (Fsp3) is 0.314. The van der Waals surface area contributed by atoms with Gasteiger partial charge in [-0.15, -0.1) is 0 Å². The van der Waals surface area contributed by atoms with Gasteiger partial charge in [-0.1, -0.05) is 207 Å². The van der Waals surface area contributed by atoms with Gasteiger partial charge in [0.2, 0.25) is 0 Å². The molecule has 8 aromatic rings. The SMILES string of the molecule is Cc1c(-c2ccc3c(c2)C(C)(C)c2cc(C(C)(C)C)ccc2-3)cc(N(c2ccccc2)c2ccc3c(c2)C(C)(C)c2cc(C(C)(C)C)ccc2-3)cc1-c1ccc2c(c1)C(C)(C)c1cc(C(C)(C)C)ccc1-2. The molecule has 0 N–H and O–H groups in total. The van der Waals surface area contributed by atoms with Gasteiger partial charge in [-0.25, -0.2) is 0 Å². The number of nitrogens with zero attached hydrogens (tertiary/aromatic N) is 1. The van der Waals surface area contributed by atoms with Gasteiger partial charge in [0, 0.05) is 33.3 Å². The van der Waals surface area contributed by atoms with Crippen molar-refractivity contribution in [2.75, 3.05) is 4.90 Å². The van der Waals surface area contributed by atoms with Crippen LogP contribution in [-0.4, -0.2) is 0 Å². The molecule has 0 heterocycles. The summed E-state index contributed by atoms with van der Waals surface area (Å²) >= 11 is 0. The van der Waals surface area contributed by atoms with Gasteiger partial charge >= 0.3 is 0 Å². The van der Waals surface area contributed by atoms with E-state index in [1.165, 1.54) is 111 Å². The van der Waals surface area contributed by atoms with Crippen molar-refractivity contribution in [2.45, 2.75) is 143 Å². The van der Waals surface area contributed by atoms with Crippen molar-refractivity contribution in [2.24, 2.45) is 0 Å². The quantitative estimate of drug-likeness (QED) is 0.166. The molecule has 0 aromatic heterocycles. The third kappa shape index (κ3) is 7.31. The molecule has 0 aliphatic heterocycles. The van der Waals surface area contributed by atoms with Crippen LogP contribution in [0.2, 0.25) is 0 Å². The average molecular weight is 928 g/mol. The first-order valence-corrected chi connectivity index (χ1v) is 26.2. The molecule has 1 heteroatoms. The van der Waals surface area contributed by atoms with E-state index in [9.17, 15) is 0 Å². The molecular weight excluding hydrogens is 855 g/mol. The molecule has 71 heavy (non-hydrogen) atoms. The Hall–Kier alpha value is -6.44. The first kappa shape index (κ1) is 46.9. The average Bonchev–Trinajstić information content (AvgIpc) is 3.79. The van der Waals surface area contributed by atoms with E-state index in [2.05, 4.69) is 267 Å². The molecule has 3 aliphatic carbocycles. The van der Waals surface area contributed by atoms with Gasteiger partial charge in [-0.2, -0.15) is 0 Å². The van der Waals surface area contributed by atoms with Crippen LogP contribution in [0.4, 0.5) is 17.1 Å². The number of hydrogen-bond acceptors (Lipinski definition) is 1. The molecule has 0 atom stereocenters. The van der Waals surface area contributed by atoms with Gasteiger partial charge in [0.1, 0.15) is 0 Å². The van der Waals surface area contributed by atoms with Crippen LogP contribution in [-0.2, 0) is 32.5 Å². The van der Waals surface area contributed by atoms with Crippen molar-refractivity contribution >= 4 is 17.1 Å². The van der Waals surface area contributed by atoms with E-state index >= 15 is 0 Å². The van der Waals surface area contributed by atoms with Crippen LogP contribution in [0.5, 0.6) is 0 Å². The standard InChI is InChI=1S/C70H73N/c1-42-57(43-22-28-51-53-30-24-45(65(2,3)4)36-61(53)68(11,12)59(51)34-43)39-50(40-58(42)44-23-29-52-54-31-25-46(66(5,6)7)37-62(54)69(13,14)60(52)35-44)71(48-20-18-17-19-21-48)49-27-33-56-55-32-26-47(67(8,9)10)38-63(55)70(15,16)64(56)41-49/h17-41H,1-16H3. The van der Waals surface area contributed by atoms with E-state index < -0.39 is 0 Å². The van der Waals surface area contributed by atoms with Crippen molar-refractivity contribution < 1.29 is 0 Å². The monoisotopic (exact) mass is 928 g/mol. The maximum Gasteiger partial charge on any atom is 0.0474 e. The summed E-state index contributed by atoms with van der Waals surface area (Å²) < 4.78 is 0. The van der Waals surface area contributed by atoms with Gasteiger partial charge in [-0.05, 0) is 183 Å². The fourth-order valence-electron chi connectivity index (χ4n) is 12.5. The second-order valence-electron chi connectivity index (χ2n) is 26.0. The third-order valence-corrected chi connectivity index (χ3v) is 17.2. The number of fused-ring (bicyclic) bond motifs is 9. The predicted octanol–water partition coefficient (Wildman–Crippen LogP) is 19.6. The Morgan fingerprint density at radius 3 is 0.986 bits per heavy atom. The zero-order valence-electron chi connectivity index (χ0n) is 45.4. The lowest BCUT2D eigenvalue weighted by atomic mass is 9.78. The second-order valence-corrected chi connectivity index (χ2v) is 26.0. The summed E-state index contributed by atoms with van der Waals surface area (Å²) in [4.78, 5) is 2.51. The normalized spacial score (nSPS) is 15.7. The van der Waals surface area contributed by atoms with Gasteiger partial charge in [0.05, 0.1) is 0 Å². The topological polar surface area (TPSA) is 3.24 Å². The lowest BCUT2D eigenvalue weighted by molar-refractivity contribution is 0.584. The fourth-order valence-corrected chi connectivity index (χ4v) is 12.5. The summed E-state index contributed by atoms with van der Waals surface area (Å²) in [5.74, 6) is 0. The van der Waals surface area contributed by atoms with Crippen LogP contribution < -0.4 is 4.90 Å². The van der Waals surface area contributed by atoms with Gasteiger partial charge in [0.25, 0.3) is 0 Å². The number of rotatable bonds is 5. The molecular formula is C70H73N. The van der Waals surface area contributed by atoms with Crippen molar-refractivity contribution in [1.29, 1.82) is 0 Å². The zero-order chi connectivity index (χ0) is 50.5. The molecule has 0 radical (unpaired) electrons. The van der Waals surface area contributed by atoms with Crippen LogP contribution in [0, 0.1) is 6.92 Å². The van der Waals surface area contributed by atoms with Crippen molar-refractivity contribution in [1.82, 2.24) is 0 Å². The lowest BCUT2D eigenvalue weighted by Gasteiger charge is -2.30. The van der Waals surface area contributed by atoms with Crippen LogP contribution in [0.3, 0.4) is 0 Å². The largest absolute Gasteiger partial charge is 0.310 e. The Bertz CT molecular complexity index is 3350. The Kier molecular flexibility index (Phi) is 10.3. The molecule has 0 amide bonds. The van der Waals surface area contributed by atoms with E-state index in [4.69, 9.17) is 0 Å². The van der Waals surface area contributed by atoms with E-state index in [1.807, 2.05) is 0 Å². The molecule has 0 spiro atoms. The minimum absolute atomic E-state index is 0.0682. The van der Waals surface area contributed by atoms with E-state index in [0.717, 1.165) is 17.1 Å². The molecule has 3 aliphatic rings. The first-order chi connectivity index (χ1) is 33.3. The van der Waals surface area contributed by atoms with Crippen molar-refractivity contribution in [3.8, 4) is 55.6 Å². The van der Waals surface area contributed by atoms with Gasteiger partial charge in [-0.3, -0.25) is 0 Å². The molecule has 1 nitrogen and oxygen atoms in total. The summed E-state index contributed by atoms with van der Waals surface area (Å²) in [5, 5.41) is 0. The van der Waals surface area contributed by atoms with Crippen LogP contribution >= 0.6 is 0 Å².